The molecular weight excluding hydrogens is 436 g/mol. The average Bonchev–Trinajstić information content (AvgIpc) is 2.82. The number of hydrogen-bond acceptors (Lipinski definition) is 6. The van der Waals surface area contributed by atoms with Crippen LogP contribution in [0.2, 0.25) is 0 Å². The monoisotopic (exact) mass is 458 g/mol. The van der Waals surface area contributed by atoms with Crippen molar-refractivity contribution in [1.82, 2.24) is 9.97 Å². The van der Waals surface area contributed by atoms with Gasteiger partial charge in [0.1, 0.15) is 5.82 Å². The van der Waals surface area contributed by atoms with Gasteiger partial charge in [0.25, 0.3) is 0 Å². The summed E-state index contributed by atoms with van der Waals surface area (Å²) in [5, 5.41) is 7.53. The molecule has 2 heterocycles. The van der Waals surface area contributed by atoms with E-state index in [4.69, 9.17) is 4.98 Å². The summed E-state index contributed by atoms with van der Waals surface area (Å²) in [6.45, 7) is 1.39. The third-order valence-corrected chi connectivity index (χ3v) is 6.51. The number of nitrogens with zero attached hydrogens (tertiary/aromatic N) is 2. The van der Waals surface area contributed by atoms with Gasteiger partial charge in [0, 0.05) is 36.0 Å². The number of anilines is 2. The summed E-state index contributed by atoms with van der Waals surface area (Å²) in [6.07, 6.45) is 6.56. The number of carbonyl (C=O) groups excluding carboxylic acids is 1. The van der Waals surface area contributed by atoms with E-state index < -0.39 is 9.84 Å². The second-order valence-electron chi connectivity index (χ2n) is 7.35. The van der Waals surface area contributed by atoms with E-state index in [0.717, 1.165) is 22.0 Å². The highest BCUT2D eigenvalue weighted by Crippen LogP contribution is 2.27. The summed E-state index contributed by atoms with van der Waals surface area (Å²) in [5.74, 6) is 0.189. The average molecular weight is 459 g/mol. The van der Waals surface area contributed by atoms with Crippen molar-refractivity contribution >= 4 is 38.0 Å². The number of amides is 1. The van der Waals surface area contributed by atoms with E-state index in [2.05, 4.69) is 15.6 Å². The van der Waals surface area contributed by atoms with Gasteiger partial charge in [-0.2, -0.15) is 0 Å². The van der Waals surface area contributed by atoms with Crippen LogP contribution in [0.1, 0.15) is 6.92 Å². The van der Waals surface area contributed by atoms with E-state index in [1.807, 2.05) is 42.5 Å². The number of benzene rings is 2. The Hall–Kier alpha value is -4.04. The van der Waals surface area contributed by atoms with E-state index in [1.165, 1.54) is 25.1 Å². The molecule has 0 unspecified atom stereocenters. The van der Waals surface area contributed by atoms with Gasteiger partial charge in [0.05, 0.1) is 16.3 Å². The lowest BCUT2D eigenvalue weighted by Gasteiger charge is -2.09. The Bertz CT molecular complexity index is 1420. The molecule has 0 bridgehead atoms. The fraction of sp³-hybridized carbons (Fsp3) is 0.0800. The molecule has 166 valence electrons. The van der Waals surface area contributed by atoms with Gasteiger partial charge in [-0.05, 0) is 48.0 Å². The summed E-state index contributed by atoms with van der Waals surface area (Å²) in [4.78, 5) is 20.2. The molecule has 4 aromatic rings. The van der Waals surface area contributed by atoms with Crippen LogP contribution in [0.15, 0.2) is 96.3 Å². The molecule has 2 N–H and O–H groups in total. The molecule has 8 heteroatoms. The van der Waals surface area contributed by atoms with Crippen molar-refractivity contribution < 1.29 is 13.2 Å². The second-order valence-corrected chi connectivity index (χ2v) is 9.39. The number of nitrogens with one attached hydrogen (secondary N) is 2. The van der Waals surface area contributed by atoms with Gasteiger partial charge >= 0.3 is 0 Å². The molecular formula is C25H22N4O3S. The zero-order valence-electron chi connectivity index (χ0n) is 17.9. The van der Waals surface area contributed by atoms with Crippen LogP contribution >= 0.6 is 0 Å². The standard InChI is InChI=1S/C25H22N4O3S/c1-18(30)28-21-8-10-22(11-9-21)33(31,32)15-5-13-27-25-23-17-26-14-12-20(23)16-24(29-25)19-6-3-2-4-7-19/h2-14,16-17H,15H2,1H3,(H,27,29)(H,28,30). The van der Waals surface area contributed by atoms with Crippen LogP contribution in [0.4, 0.5) is 11.5 Å². The fourth-order valence-corrected chi connectivity index (χ4v) is 4.41. The van der Waals surface area contributed by atoms with Gasteiger partial charge in [-0.25, -0.2) is 13.4 Å². The molecule has 33 heavy (non-hydrogen) atoms. The number of pyridine rings is 2. The van der Waals surface area contributed by atoms with Crippen LogP contribution in [-0.2, 0) is 14.6 Å². The minimum atomic E-state index is -3.53. The maximum absolute atomic E-state index is 12.6. The number of hydrogen-bond donors (Lipinski definition) is 2. The summed E-state index contributed by atoms with van der Waals surface area (Å²) in [5.41, 5.74) is 2.33. The predicted molar refractivity (Wildman–Crippen MR) is 131 cm³/mol. The highest BCUT2D eigenvalue weighted by Gasteiger charge is 2.13. The summed E-state index contributed by atoms with van der Waals surface area (Å²) < 4.78 is 25.3. The molecule has 0 aliphatic heterocycles. The van der Waals surface area contributed by atoms with E-state index in [0.29, 0.717) is 11.5 Å². The Balaban J connectivity index is 1.52. The van der Waals surface area contributed by atoms with Gasteiger partial charge in [-0.3, -0.25) is 9.78 Å². The van der Waals surface area contributed by atoms with Crippen LogP contribution in [0.25, 0.3) is 22.0 Å². The van der Waals surface area contributed by atoms with Gasteiger partial charge in [-0.15, -0.1) is 0 Å². The molecule has 0 spiro atoms. The Morgan fingerprint density at radius 3 is 2.52 bits per heavy atom. The molecule has 0 aliphatic carbocycles. The zero-order chi connectivity index (χ0) is 23.3. The summed E-state index contributed by atoms with van der Waals surface area (Å²) in [6, 6.07) is 19.8. The van der Waals surface area contributed by atoms with Crippen molar-refractivity contribution in [3.63, 3.8) is 0 Å². The number of carbonyl (C=O) groups is 1. The highest BCUT2D eigenvalue weighted by atomic mass is 32.2. The van der Waals surface area contributed by atoms with Crippen molar-refractivity contribution in [3.8, 4) is 11.3 Å². The molecule has 4 rings (SSSR count). The molecule has 0 saturated carbocycles. The SMILES string of the molecule is CC(=O)Nc1ccc(S(=O)(=O)CC=CNc2nc(-c3ccccc3)cc3ccncc23)cc1. The van der Waals surface area contributed by atoms with Crippen LogP contribution in [0.5, 0.6) is 0 Å². The molecule has 2 aromatic carbocycles. The van der Waals surface area contributed by atoms with Crippen molar-refractivity contribution in [2.45, 2.75) is 11.8 Å². The normalized spacial score (nSPS) is 11.5. The van der Waals surface area contributed by atoms with E-state index in [9.17, 15) is 13.2 Å². The van der Waals surface area contributed by atoms with E-state index in [-0.39, 0.29) is 16.6 Å². The van der Waals surface area contributed by atoms with E-state index in [1.54, 1.807) is 30.7 Å². The minimum absolute atomic E-state index is 0.181. The molecule has 0 radical (unpaired) electrons. The quantitative estimate of drug-likeness (QED) is 0.418. The first-order valence-electron chi connectivity index (χ1n) is 10.2. The molecule has 2 aromatic heterocycles. The Morgan fingerprint density at radius 1 is 1.03 bits per heavy atom. The molecule has 1 amide bonds. The van der Waals surface area contributed by atoms with Gasteiger partial charge in [0.15, 0.2) is 9.84 Å². The van der Waals surface area contributed by atoms with Crippen molar-refractivity contribution in [1.29, 1.82) is 0 Å². The molecule has 0 fully saturated rings. The van der Waals surface area contributed by atoms with Crippen molar-refractivity contribution in [2.75, 3.05) is 16.4 Å². The lowest BCUT2D eigenvalue weighted by atomic mass is 10.1. The largest absolute Gasteiger partial charge is 0.346 e. The topological polar surface area (TPSA) is 101 Å². The Morgan fingerprint density at radius 2 is 1.79 bits per heavy atom. The maximum Gasteiger partial charge on any atom is 0.221 e. The molecule has 0 aliphatic rings. The van der Waals surface area contributed by atoms with E-state index >= 15 is 0 Å². The van der Waals surface area contributed by atoms with Crippen LogP contribution < -0.4 is 10.6 Å². The number of aromatic nitrogens is 2. The first-order valence-corrected chi connectivity index (χ1v) is 11.9. The smallest absolute Gasteiger partial charge is 0.221 e. The lowest BCUT2D eigenvalue weighted by molar-refractivity contribution is -0.114. The number of rotatable bonds is 7. The Kier molecular flexibility index (Phi) is 6.46. The third kappa shape index (κ3) is 5.42. The first-order chi connectivity index (χ1) is 15.9. The molecule has 0 atom stereocenters. The second kappa shape index (κ2) is 9.62. The highest BCUT2D eigenvalue weighted by molar-refractivity contribution is 7.91. The number of fused-ring (bicyclic) bond motifs is 1. The zero-order valence-corrected chi connectivity index (χ0v) is 18.7. The predicted octanol–water partition coefficient (Wildman–Crippen LogP) is 4.65. The maximum atomic E-state index is 12.6. The minimum Gasteiger partial charge on any atom is -0.346 e. The molecule has 0 saturated heterocycles. The van der Waals surface area contributed by atoms with Crippen molar-refractivity contribution in [3.05, 3.63) is 91.4 Å². The lowest BCUT2D eigenvalue weighted by Crippen LogP contribution is -2.08. The van der Waals surface area contributed by atoms with Crippen LogP contribution in [0.3, 0.4) is 0 Å². The summed E-state index contributed by atoms with van der Waals surface area (Å²) >= 11 is 0. The van der Waals surface area contributed by atoms with Crippen LogP contribution in [0, 0.1) is 0 Å². The van der Waals surface area contributed by atoms with Crippen molar-refractivity contribution in [2.24, 2.45) is 0 Å². The number of sulfone groups is 1. The first kappa shape index (κ1) is 22.2. The Labute approximate surface area is 192 Å². The van der Waals surface area contributed by atoms with Gasteiger partial charge in [-0.1, -0.05) is 36.4 Å². The molecule has 7 nitrogen and oxygen atoms in total. The van der Waals surface area contributed by atoms with Gasteiger partial charge in [0.2, 0.25) is 5.91 Å². The summed E-state index contributed by atoms with van der Waals surface area (Å²) in [7, 11) is -3.53. The van der Waals surface area contributed by atoms with Crippen LogP contribution in [-0.4, -0.2) is 30.0 Å². The van der Waals surface area contributed by atoms with Gasteiger partial charge < -0.3 is 10.6 Å². The fourth-order valence-electron chi connectivity index (χ4n) is 3.31. The third-order valence-electron chi connectivity index (χ3n) is 4.89.